The number of hydrogen-bond donors (Lipinski definition) is 1. The van der Waals surface area contributed by atoms with Crippen molar-refractivity contribution in [2.75, 3.05) is 47.4 Å². The van der Waals surface area contributed by atoms with Gasteiger partial charge in [0.1, 0.15) is 10.6 Å². The Morgan fingerprint density at radius 2 is 1.78 bits per heavy atom. The molecule has 2 fully saturated rings. The maximum atomic E-state index is 13.0. The van der Waals surface area contributed by atoms with Crippen LogP contribution in [0, 0.1) is 11.8 Å². The van der Waals surface area contributed by atoms with Gasteiger partial charge in [-0.3, -0.25) is 4.79 Å². The zero-order chi connectivity index (χ0) is 18.9. The maximum Gasteiger partial charge on any atom is 0.253 e. The third-order valence-electron chi connectivity index (χ3n) is 5.48. The first-order chi connectivity index (χ1) is 12.3. The fourth-order valence-corrected chi connectivity index (χ4v) is 4.89. The fraction of sp³-hybridized carbons (Fsp3) is 0.611. The van der Waals surface area contributed by atoms with Gasteiger partial charge in [-0.15, -0.1) is 12.4 Å². The van der Waals surface area contributed by atoms with Gasteiger partial charge in [-0.05, 0) is 56.0 Å². The second-order valence-electron chi connectivity index (χ2n) is 7.20. The molecule has 2 aliphatic rings. The first-order valence-corrected chi connectivity index (χ1v) is 10.4. The molecule has 0 aromatic heterocycles. The van der Waals surface area contributed by atoms with Crippen molar-refractivity contribution in [2.45, 2.75) is 17.7 Å². The van der Waals surface area contributed by atoms with Gasteiger partial charge in [0.15, 0.2) is 0 Å². The minimum Gasteiger partial charge on any atom is -0.495 e. The Bertz CT molecular complexity index is 771. The second-order valence-corrected chi connectivity index (χ2v) is 9.32. The third-order valence-corrected chi connectivity index (χ3v) is 7.31. The number of nitrogens with zero attached hydrogens (tertiary/aromatic N) is 2. The molecule has 27 heavy (non-hydrogen) atoms. The minimum absolute atomic E-state index is 0. The summed E-state index contributed by atoms with van der Waals surface area (Å²) in [6.07, 6.45) is 1.98. The Kier molecular flexibility index (Phi) is 7.13. The van der Waals surface area contributed by atoms with Crippen LogP contribution in [0.15, 0.2) is 23.1 Å². The van der Waals surface area contributed by atoms with Crippen LogP contribution >= 0.6 is 12.4 Å². The SMILES string of the molecule is COc1ccc(C(=O)N2CC[C@@H]3CNC[C@@H]3CC2)cc1S(=O)(=O)N(C)C.Cl. The van der Waals surface area contributed by atoms with Gasteiger partial charge >= 0.3 is 0 Å². The standard InChI is InChI=1S/C18H27N3O4S.ClH/c1-20(2)26(23,24)17-10-13(4-5-16(17)25-3)18(22)21-8-6-14-11-19-12-15(14)7-9-21;/h4-5,10,14-15,19H,6-9,11-12H2,1-3H3;1H/t14-,15+;. The average Bonchev–Trinajstić information content (AvgIpc) is 2.98. The Balaban J connectivity index is 0.00000261. The first kappa shape index (κ1) is 21.9. The van der Waals surface area contributed by atoms with E-state index in [2.05, 4.69) is 5.32 Å². The molecule has 0 saturated carbocycles. The molecule has 1 aromatic carbocycles. The van der Waals surface area contributed by atoms with E-state index in [1.54, 1.807) is 12.1 Å². The maximum absolute atomic E-state index is 13.0. The number of carbonyl (C=O) groups is 1. The van der Waals surface area contributed by atoms with E-state index in [-0.39, 0.29) is 29.0 Å². The molecule has 2 saturated heterocycles. The number of amides is 1. The smallest absolute Gasteiger partial charge is 0.253 e. The largest absolute Gasteiger partial charge is 0.495 e. The molecule has 2 heterocycles. The van der Waals surface area contributed by atoms with Crippen molar-refractivity contribution in [3.05, 3.63) is 23.8 Å². The summed E-state index contributed by atoms with van der Waals surface area (Å²) in [5.74, 6) is 1.39. The van der Waals surface area contributed by atoms with Crippen LogP contribution in [0.25, 0.3) is 0 Å². The Morgan fingerprint density at radius 1 is 1.19 bits per heavy atom. The van der Waals surface area contributed by atoms with Crippen LogP contribution in [0.1, 0.15) is 23.2 Å². The summed E-state index contributed by atoms with van der Waals surface area (Å²) < 4.78 is 31.4. The van der Waals surface area contributed by atoms with Gasteiger partial charge in [-0.1, -0.05) is 0 Å². The van der Waals surface area contributed by atoms with Crippen LogP contribution in [0.5, 0.6) is 5.75 Å². The van der Waals surface area contributed by atoms with Crippen molar-refractivity contribution in [3.63, 3.8) is 0 Å². The zero-order valence-corrected chi connectivity index (χ0v) is 17.6. The number of ether oxygens (including phenoxy) is 1. The summed E-state index contributed by atoms with van der Waals surface area (Å²) >= 11 is 0. The predicted molar refractivity (Wildman–Crippen MR) is 106 cm³/mol. The second kappa shape index (κ2) is 8.77. The predicted octanol–water partition coefficient (Wildman–Crippen LogP) is 1.44. The van der Waals surface area contributed by atoms with Gasteiger partial charge in [0.05, 0.1) is 7.11 Å². The van der Waals surface area contributed by atoms with Gasteiger partial charge in [0.25, 0.3) is 5.91 Å². The van der Waals surface area contributed by atoms with Gasteiger partial charge < -0.3 is 15.0 Å². The third kappa shape index (κ3) is 4.39. The highest BCUT2D eigenvalue weighted by Crippen LogP contribution is 2.30. The summed E-state index contributed by atoms with van der Waals surface area (Å²) in [4.78, 5) is 14.9. The van der Waals surface area contributed by atoms with Gasteiger partial charge in [0.2, 0.25) is 10.0 Å². The number of likely N-dealkylation sites (tertiary alicyclic amines) is 1. The first-order valence-electron chi connectivity index (χ1n) is 8.95. The molecular formula is C18H28ClN3O4S. The average molecular weight is 418 g/mol. The van der Waals surface area contributed by atoms with Crippen LogP contribution in [0.2, 0.25) is 0 Å². The summed E-state index contributed by atoms with van der Waals surface area (Å²) in [5.41, 5.74) is 0.386. The number of nitrogens with one attached hydrogen (secondary N) is 1. The van der Waals surface area contributed by atoms with Crippen molar-refractivity contribution in [1.29, 1.82) is 0 Å². The Hall–Kier alpha value is -1.35. The molecule has 0 unspecified atom stereocenters. The highest BCUT2D eigenvalue weighted by atomic mass is 35.5. The quantitative estimate of drug-likeness (QED) is 0.801. The van der Waals surface area contributed by atoms with Crippen molar-refractivity contribution >= 4 is 28.3 Å². The van der Waals surface area contributed by atoms with E-state index in [1.807, 2.05) is 4.90 Å². The highest BCUT2D eigenvalue weighted by Gasteiger charge is 2.32. The van der Waals surface area contributed by atoms with Crippen LogP contribution in [0.4, 0.5) is 0 Å². The van der Waals surface area contributed by atoms with Crippen LogP contribution in [0.3, 0.4) is 0 Å². The molecule has 2 aliphatic heterocycles. The minimum atomic E-state index is -3.70. The summed E-state index contributed by atoms with van der Waals surface area (Å²) in [7, 11) is 0.653. The number of fused-ring (bicyclic) bond motifs is 1. The molecule has 3 rings (SSSR count). The monoisotopic (exact) mass is 417 g/mol. The highest BCUT2D eigenvalue weighted by molar-refractivity contribution is 7.89. The number of benzene rings is 1. The van der Waals surface area contributed by atoms with Crippen molar-refractivity contribution < 1.29 is 17.9 Å². The molecule has 0 aliphatic carbocycles. The molecule has 7 nitrogen and oxygen atoms in total. The topological polar surface area (TPSA) is 79.0 Å². The molecule has 2 atom stereocenters. The van der Waals surface area contributed by atoms with E-state index in [0.717, 1.165) is 30.2 Å². The number of methoxy groups -OCH3 is 1. The molecular weight excluding hydrogens is 390 g/mol. The molecule has 1 amide bonds. The molecule has 0 spiro atoms. The van der Waals surface area contributed by atoms with E-state index in [4.69, 9.17) is 4.74 Å². The number of sulfonamides is 1. The van der Waals surface area contributed by atoms with Crippen molar-refractivity contribution in [2.24, 2.45) is 11.8 Å². The Labute approximate surface area is 167 Å². The Morgan fingerprint density at radius 3 is 2.30 bits per heavy atom. The lowest BCUT2D eigenvalue weighted by molar-refractivity contribution is 0.0758. The molecule has 0 bridgehead atoms. The summed E-state index contributed by atoms with van der Waals surface area (Å²) in [5, 5.41) is 3.43. The molecule has 1 aromatic rings. The number of hydrogen-bond acceptors (Lipinski definition) is 5. The van der Waals surface area contributed by atoms with Crippen LogP contribution in [-0.2, 0) is 10.0 Å². The van der Waals surface area contributed by atoms with E-state index in [9.17, 15) is 13.2 Å². The molecule has 152 valence electrons. The summed E-state index contributed by atoms with van der Waals surface area (Å²) in [6.45, 7) is 3.48. The molecule has 1 N–H and O–H groups in total. The lowest BCUT2D eigenvalue weighted by Crippen LogP contribution is -2.33. The van der Waals surface area contributed by atoms with Gasteiger partial charge in [-0.2, -0.15) is 0 Å². The van der Waals surface area contributed by atoms with E-state index < -0.39 is 10.0 Å². The number of halogens is 1. The summed E-state index contributed by atoms with van der Waals surface area (Å²) in [6, 6.07) is 4.63. The lowest BCUT2D eigenvalue weighted by atomic mass is 9.92. The van der Waals surface area contributed by atoms with Crippen LogP contribution < -0.4 is 10.1 Å². The van der Waals surface area contributed by atoms with Gasteiger partial charge in [-0.25, -0.2) is 12.7 Å². The van der Waals surface area contributed by atoms with E-state index in [1.165, 1.54) is 27.3 Å². The fourth-order valence-electron chi connectivity index (χ4n) is 3.81. The van der Waals surface area contributed by atoms with Crippen molar-refractivity contribution in [3.8, 4) is 5.75 Å². The normalized spacial score (nSPS) is 22.7. The number of rotatable bonds is 4. The molecule has 0 radical (unpaired) electrons. The van der Waals surface area contributed by atoms with E-state index in [0.29, 0.717) is 30.5 Å². The van der Waals surface area contributed by atoms with Crippen LogP contribution in [-0.4, -0.2) is 70.9 Å². The zero-order valence-electron chi connectivity index (χ0n) is 16.0. The lowest BCUT2D eigenvalue weighted by Gasteiger charge is -2.22. The van der Waals surface area contributed by atoms with Crippen molar-refractivity contribution in [1.82, 2.24) is 14.5 Å². The molecule has 9 heteroatoms. The number of carbonyl (C=O) groups excluding carboxylic acids is 1. The van der Waals surface area contributed by atoms with E-state index >= 15 is 0 Å². The van der Waals surface area contributed by atoms with Gasteiger partial charge in [0, 0.05) is 32.7 Å².